The number of carbonyl (C=O) groups is 2. The van der Waals surface area contributed by atoms with E-state index in [4.69, 9.17) is 4.74 Å². The fourth-order valence-corrected chi connectivity index (χ4v) is 5.23. The third-order valence-electron chi connectivity index (χ3n) is 7.10. The molecule has 2 aromatic heterocycles. The Labute approximate surface area is 237 Å². The summed E-state index contributed by atoms with van der Waals surface area (Å²) in [7, 11) is 4.08. The first-order valence-electron chi connectivity index (χ1n) is 12.8. The summed E-state index contributed by atoms with van der Waals surface area (Å²) in [6, 6.07) is 10.8. The fraction of sp³-hybridized carbons (Fsp3) is 0.321. The average Bonchev–Trinajstić information content (AvgIpc) is 3.55. The monoisotopic (exact) mass is 586 g/mol. The SMILES string of the molecule is COC(=O)[C@](C)(CC(F)(F)F)NC(=O)c1cc(-c2ccc(F)cc2)c2n1CCc1cc(OC)c(-c3nnn(C)n3)cc1-2. The lowest BCUT2D eigenvalue weighted by Crippen LogP contribution is -2.55. The van der Waals surface area contributed by atoms with Gasteiger partial charge in [0, 0.05) is 17.7 Å². The number of alkyl halides is 3. The van der Waals surface area contributed by atoms with E-state index in [0.717, 1.165) is 19.6 Å². The minimum absolute atomic E-state index is 0.0160. The number of aromatic nitrogens is 5. The molecule has 42 heavy (non-hydrogen) atoms. The Morgan fingerprint density at radius 3 is 2.36 bits per heavy atom. The van der Waals surface area contributed by atoms with Crippen molar-refractivity contribution in [3.05, 3.63) is 59.5 Å². The van der Waals surface area contributed by atoms with Crippen LogP contribution in [0, 0.1) is 5.82 Å². The Hall–Kier alpha value is -4.75. The van der Waals surface area contributed by atoms with Gasteiger partial charge >= 0.3 is 12.1 Å². The van der Waals surface area contributed by atoms with Gasteiger partial charge in [0.1, 0.15) is 22.8 Å². The largest absolute Gasteiger partial charge is 0.496 e. The topological polar surface area (TPSA) is 113 Å². The molecule has 1 aliphatic heterocycles. The van der Waals surface area contributed by atoms with E-state index in [-0.39, 0.29) is 12.2 Å². The average molecular weight is 587 g/mol. The van der Waals surface area contributed by atoms with Gasteiger partial charge in [-0.2, -0.15) is 18.0 Å². The van der Waals surface area contributed by atoms with E-state index in [9.17, 15) is 27.2 Å². The van der Waals surface area contributed by atoms with Gasteiger partial charge in [-0.15, -0.1) is 10.2 Å². The Morgan fingerprint density at radius 1 is 1.05 bits per heavy atom. The van der Waals surface area contributed by atoms with Crippen LogP contribution in [0.4, 0.5) is 17.6 Å². The highest BCUT2D eigenvalue weighted by atomic mass is 19.4. The number of rotatable bonds is 7. The first-order valence-corrected chi connectivity index (χ1v) is 12.8. The van der Waals surface area contributed by atoms with Crippen molar-refractivity contribution in [1.82, 2.24) is 30.1 Å². The van der Waals surface area contributed by atoms with Crippen molar-refractivity contribution in [2.75, 3.05) is 14.2 Å². The number of ether oxygens (including phenoxy) is 2. The van der Waals surface area contributed by atoms with Gasteiger partial charge in [0.15, 0.2) is 0 Å². The number of hydrogen-bond acceptors (Lipinski definition) is 7. The van der Waals surface area contributed by atoms with Gasteiger partial charge in [-0.25, -0.2) is 9.18 Å². The number of tetrazole rings is 1. The highest BCUT2D eigenvalue weighted by Gasteiger charge is 2.47. The molecule has 10 nitrogen and oxygen atoms in total. The first-order chi connectivity index (χ1) is 19.8. The summed E-state index contributed by atoms with van der Waals surface area (Å²) >= 11 is 0. The number of methoxy groups -OCH3 is 2. The Kier molecular flexibility index (Phi) is 7.25. The van der Waals surface area contributed by atoms with Crippen LogP contribution in [0.25, 0.3) is 33.8 Å². The number of hydrogen-bond donors (Lipinski definition) is 1. The Bertz CT molecular complexity index is 1680. The van der Waals surface area contributed by atoms with E-state index in [1.807, 2.05) is 6.07 Å². The van der Waals surface area contributed by atoms with Crippen LogP contribution in [-0.4, -0.2) is 62.6 Å². The summed E-state index contributed by atoms with van der Waals surface area (Å²) < 4.78 is 65.9. The minimum Gasteiger partial charge on any atom is -0.496 e. The van der Waals surface area contributed by atoms with Gasteiger partial charge in [0.2, 0.25) is 5.82 Å². The number of benzene rings is 2. The molecular weight excluding hydrogens is 560 g/mol. The maximum absolute atomic E-state index is 13.8. The molecule has 0 bridgehead atoms. The van der Waals surface area contributed by atoms with E-state index in [1.165, 1.54) is 30.1 Å². The fourth-order valence-electron chi connectivity index (χ4n) is 5.23. The lowest BCUT2D eigenvalue weighted by atomic mass is 9.91. The number of amides is 1. The molecule has 0 aliphatic carbocycles. The molecule has 220 valence electrons. The minimum atomic E-state index is -4.77. The zero-order chi connectivity index (χ0) is 30.4. The van der Waals surface area contributed by atoms with Gasteiger partial charge in [0.25, 0.3) is 5.91 Å². The second kappa shape index (κ2) is 10.6. The number of fused-ring (bicyclic) bond motifs is 3. The summed E-state index contributed by atoms with van der Waals surface area (Å²) in [5.74, 6) is -1.82. The molecule has 1 atom stereocenters. The second-order valence-corrected chi connectivity index (χ2v) is 10.1. The zero-order valence-electron chi connectivity index (χ0n) is 23.0. The predicted molar refractivity (Wildman–Crippen MR) is 142 cm³/mol. The molecule has 1 amide bonds. The summed E-state index contributed by atoms with van der Waals surface area (Å²) in [5.41, 5.74) is 1.38. The maximum atomic E-state index is 13.8. The van der Waals surface area contributed by atoms with Gasteiger partial charge in [-0.1, -0.05) is 12.1 Å². The van der Waals surface area contributed by atoms with E-state index >= 15 is 0 Å². The summed E-state index contributed by atoms with van der Waals surface area (Å²) in [5, 5.41) is 14.5. The molecule has 0 spiro atoms. The van der Waals surface area contributed by atoms with Crippen LogP contribution in [0.3, 0.4) is 0 Å². The van der Waals surface area contributed by atoms with Crippen LogP contribution in [0.5, 0.6) is 5.75 Å². The molecule has 0 unspecified atom stereocenters. The van der Waals surface area contributed by atoms with Crippen LogP contribution in [0.1, 0.15) is 29.4 Å². The van der Waals surface area contributed by atoms with Crippen LogP contribution < -0.4 is 10.1 Å². The second-order valence-electron chi connectivity index (χ2n) is 10.1. The number of carbonyl (C=O) groups excluding carboxylic acids is 2. The van der Waals surface area contributed by atoms with E-state index in [0.29, 0.717) is 45.9 Å². The molecule has 4 aromatic rings. The van der Waals surface area contributed by atoms with Gasteiger partial charge in [0.05, 0.1) is 38.9 Å². The quantitative estimate of drug-likeness (QED) is 0.253. The zero-order valence-corrected chi connectivity index (χ0v) is 23.0. The highest BCUT2D eigenvalue weighted by Crippen LogP contribution is 2.44. The lowest BCUT2D eigenvalue weighted by molar-refractivity contribution is -0.169. The maximum Gasteiger partial charge on any atom is 0.391 e. The molecule has 0 saturated carbocycles. The summed E-state index contributed by atoms with van der Waals surface area (Å²) in [6.07, 6.45) is -5.95. The molecule has 0 fully saturated rings. The van der Waals surface area contributed by atoms with Crippen molar-refractivity contribution in [2.24, 2.45) is 7.05 Å². The van der Waals surface area contributed by atoms with Crippen LogP contribution in [-0.2, 0) is 29.5 Å². The van der Waals surface area contributed by atoms with Crippen molar-refractivity contribution >= 4 is 11.9 Å². The van der Waals surface area contributed by atoms with E-state index < -0.39 is 35.8 Å². The first kappa shape index (κ1) is 28.8. The van der Waals surface area contributed by atoms with Crippen LogP contribution >= 0.6 is 0 Å². The molecule has 1 aliphatic rings. The molecule has 3 heterocycles. The molecule has 1 N–H and O–H groups in total. The molecule has 0 radical (unpaired) electrons. The van der Waals surface area contributed by atoms with Crippen molar-refractivity contribution in [1.29, 1.82) is 0 Å². The van der Waals surface area contributed by atoms with Gasteiger partial charge in [-0.05, 0) is 60.0 Å². The summed E-state index contributed by atoms with van der Waals surface area (Å²) in [6.45, 7) is 1.25. The number of aryl methyl sites for hydroxylation is 2. The molecule has 14 heteroatoms. The Morgan fingerprint density at radius 2 is 1.76 bits per heavy atom. The van der Waals surface area contributed by atoms with Gasteiger partial charge < -0.3 is 19.4 Å². The third-order valence-corrected chi connectivity index (χ3v) is 7.10. The van der Waals surface area contributed by atoms with Crippen LogP contribution in [0.15, 0.2) is 42.5 Å². The summed E-state index contributed by atoms with van der Waals surface area (Å²) in [4.78, 5) is 27.3. The number of halogens is 4. The molecule has 2 aromatic carbocycles. The molecular formula is C28H26F4N6O4. The molecule has 5 rings (SSSR count). The van der Waals surface area contributed by atoms with Crippen molar-refractivity contribution < 1.29 is 36.6 Å². The number of nitrogens with zero attached hydrogens (tertiary/aromatic N) is 5. The number of nitrogens with one attached hydrogen (secondary N) is 1. The van der Waals surface area contributed by atoms with Crippen molar-refractivity contribution in [2.45, 2.75) is 38.0 Å². The Balaban J connectivity index is 1.69. The number of esters is 1. The van der Waals surface area contributed by atoms with Crippen LogP contribution in [0.2, 0.25) is 0 Å². The normalized spacial score (nSPS) is 14.0. The van der Waals surface area contributed by atoms with E-state index in [2.05, 4.69) is 25.5 Å². The third kappa shape index (κ3) is 5.31. The predicted octanol–water partition coefficient (Wildman–Crippen LogP) is 4.33. The smallest absolute Gasteiger partial charge is 0.391 e. The standard InChI is InChI=1S/C28H26F4N6O4/c1-27(26(40)42-4,14-28(30,31)32)33-25(39)21-13-19(15-5-7-17(29)8-6-15)23-18-12-20(24-34-36-37(2)35-24)22(41-3)11-16(18)9-10-38(21)23/h5-8,11-13H,9-10,14H2,1-4H3,(H,33,39)/t27-/m0/s1. The lowest BCUT2D eigenvalue weighted by Gasteiger charge is -2.29. The van der Waals surface area contributed by atoms with Gasteiger partial charge in [-0.3, -0.25) is 4.79 Å². The van der Waals surface area contributed by atoms with E-state index in [1.54, 1.807) is 29.8 Å². The van der Waals surface area contributed by atoms with Crippen molar-refractivity contribution in [3.63, 3.8) is 0 Å². The highest BCUT2D eigenvalue weighted by molar-refractivity contribution is 6.01. The molecule has 0 saturated heterocycles. The van der Waals surface area contributed by atoms with Crippen molar-refractivity contribution in [3.8, 4) is 39.5 Å².